The third kappa shape index (κ3) is 18.6. The van der Waals surface area contributed by atoms with E-state index in [9.17, 15) is 5.11 Å². The van der Waals surface area contributed by atoms with Crippen molar-refractivity contribution < 1.29 is 19.7 Å². The summed E-state index contributed by atoms with van der Waals surface area (Å²) in [5, 5.41) is 18.1. The lowest BCUT2D eigenvalue weighted by atomic mass is 10.0. The Kier molecular flexibility index (Phi) is 21.0. The normalized spacial score (nSPS) is 13.8. The van der Waals surface area contributed by atoms with Gasteiger partial charge in [0.05, 0.1) is 25.9 Å². The van der Waals surface area contributed by atoms with Crippen LogP contribution in [0.1, 0.15) is 104 Å². The summed E-state index contributed by atoms with van der Waals surface area (Å²) >= 11 is 0. The van der Waals surface area contributed by atoms with Gasteiger partial charge in [0.1, 0.15) is 6.10 Å². The highest BCUT2D eigenvalue weighted by Crippen LogP contribution is 2.14. The second-order valence-corrected chi connectivity index (χ2v) is 7.54. The molecular formula is C22H46O4. The van der Waals surface area contributed by atoms with Gasteiger partial charge in [-0.15, -0.1) is 0 Å². The average Bonchev–Trinajstić information content (AvgIpc) is 2.66. The summed E-state index contributed by atoms with van der Waals surface area (Å²) in [5.41, 5.74) is 0. The Bertz CT molecular complexity index is 261. The number of ether oxygens (including phenoxy) is 2. The minimum Gasteiger partial charge on any atom is -0.394 e. The molecule has 26 heavy (non-hydrogen) atoms. The van der Waals surface area contributed by atoms with Crippen molar-refractivity contribution in [1.29, 1.82) is 0 Å². The van der Waals surface area contributed by atoms with E-state index in [1.807, 2.05) is 0 Å². The predicted molar refractivity (Wildman–Crippen MR) is 110 cm³/mol. The van der Waals surface area contributed by atoms with Crippen molar-refractivity contribution in [3.8, 4) is 0 Å². The fraction of sp³-hybridized carbons (Fsp3) is 1.00. The van der Waals surface area contributed by atoms with E-state index < -0.39 is 6.10 Å². The molecule has 0 aliphatic rings. The number of rotatable bonds is 21. The summed E-state index contributed by atoms with van der Waals surface area (Å²) in [7, 11) is 0. The van der Waals surface area contributed by atoms with Crippen LogP contribution in [0.2, 0.25) is 0 Å². The Hall–Kier alpha value is -0.160. The van der Waals surface area contributed by atoms with Crippen LogP contribution in [0.5, 0.6) is 0 Å². The SMILES string of the molecule is CCCCCCCCCCCCCCC(COCC(O)CO)OCCC. The highest BCUT2D eigenvalue weighted by molar-refractivity contribution is 4.60. The molecule has 4 heteroatoms. The quantitative estimate of drug-likeness (QED) is 0.270. The van der Waals surface area contributed by atoms with Crippen molar-refractivity contribution in [2.24, 2.45) is 0 Å². The zero-order valence-corrected chi connectivity index (χ0v) is 17.6. The van der Waals surface area contributed by atoms with E-state index in [1.54, 1.807) is 0 Å². The fourth-order valence-corrected chi connectivity index (χ4v) is 3.10. The maximum Gasteiger partial charge on any atom is 0.100 e. The third-order valence-corrected chi connectivity index (χ3v) is 4.76. The molecule has 0 heterocycles. The minimum atomic E-state index is -0.784. The van der Waals surface area contributed by atoms with Crippen LogP contribution in [0.4, 0.5) is 0 Å². The summed E-state index contributed by atoms with van der Waals surface area (Å²) in [5.74, 6) is 0. The Morgan fingerprint density at radius 1 is 0.692 bits per heavy atom. The molecule has 2 N–H and O–H groups in total. The second-order valence-electron chi connectivity index (χ2n) is 7.54. The lowest BCUT2D eigenvalue weighted by Gasteiger charge is -2.18. The van der Waals surface area contributed by atoms with Crippen molar-refractivity contribution in [2.45, 2.75) is 116 Å². The van der Waals surface area contributed by atoms with E-state index in [0.29, 0.717) is 6.61 Å². The van der Waals surface area contributed by atoms with Crippen LogP contribution in [-0.2, 0) is 9.47 Å². The van der Waals surface area contributed by atoms with E-state index in [-0.39, 0.29) is 19.3 Å². The number of aliphatic hydroxyl groups is 2. The van der Waals surface area contributed by atoms with E-state index in [0.717, 1.165) is 19.4 Å². The van der Waals surface area contributed by atoms with Gasteiger partial charge < -0.3 is 19.7 Å². The van der Waals surface area contributed by atoms with Crippen LogP contribution in [0.15, 0.2) is 0 Å². The first-order valence-electron chi connectivity index (χ1n) is 11.2. The van der Waals surface area contributed by atoms with Gasteiger partial charge in [0.2, 0.25) is 0 Å². The number of hydrogen-bond acceptors (Lipinski definition) is 4. The number of aliphatic hydroxyl groups excluding tert-OH is 2. The highest BCUT2D eigenvalue weighted by atomic mass is 16.5. The molecule has 0 radical (unpaired) electrons. The van der Waals surface area contributed by atoms with Crippen molar-refractivity contribution >= 4 is 0 Å². The molecule has 0 saturated heterocycles. The van der Waals surface area contributed by atoms with Crippen molar-refractivity contribution in [3.05, 3.63) is 0 Å². The van der Waals surface area contributed by atoms with Crippen LogP contribution >= 0.6 is 0 Å². The molecule has 158 valence electrons. The first kappa shape index (κ1) is 25.8. The minimum absolute atomic E-state index is 0.115. The molecule has 0 bridgehead atoms. The molecule has 2 atom stereocenters. The highest BCUT2D eigenvalue weighted by Gasteiger charge is 2.10. The Morgan fingerprint density at radius 3 is 1.73 bits per heavy atom. The first-order valence-corrected chi connectivity index (χ1v) is 11.2. The Labute approximate surface area is 162 Å². The molecule has 0 rings (SSSR count). The van der Waals surface area contributed by atoms with Crippen molar-refractivity contribution in [2.75, 3.05) is 26.4 Å². The van der Waals surface area contributed by atoms with Gasteiger partial charge in [-0.05, 0) is 12.8 Å². The van der Waals surface area contributed by atoms with Crippen molar-refractivity contribution in [3.63, 3.8) is 0 Å². The van der Waals surface area contributed by atoms with Crippen LogP contribution in [0.25, 0.3) is 0 Å². The molecule has 0 saturated carbocycles. The predicted octanol–water partition coefficient (Wildman–Crippen LogP) is 5.24. The zero-order valence-electron chi connectivity index (χ0n) is 17.6. The van der Waals surface area contributed by atoms with Gasteiger partial charge in [0.25, 0.3) is 0 Å². The summed E-state index contributed by atoms with van der Waals surface area (Å²) in [6.07, 6.45) is 17.7. The first-order chi connectivity index (χ1) is 12.7. The average molecular weight is 375 g/mol. The number of unbranched alkanes of at least 4 members (excludes halogenated alkanes) is 11. The van der Waals surface area contributed by atoms with Gasteiger partial charge in [-0.25, -0.2) is 0 Å². The largest absolute Gasteiger partial charge is 0.394 e. The van der Waals surface area contributed by atoms with E-state index in [2.05, 4.69) is 13.8 Å². The Morgan fingerprint density at radius 2 is 1.23 bits per heavy atom. The van der Waals surface area contributed by atoms with E-state index in [4.69, 9.17) is 14.6 Å². The molecule has 0 fully saturated rings. The lowest BCUT2D eigenvalue weighted by molar-refractivity contribution is -0.0510. The van der Waals surface area contributed by atoms with Crippen molar-refractivity contribution in [1.82, 2.24) is 0 Å². The van der Waals surface area contributed by atoms with E-state index in [1.165, 1.54) is 77.0 Å². The summed E-state index contributed by atoms with van der Waals surface area (Å²) in [6, 6.07) is 0. The van der Waals surface area contributed by atoms with Gasteiger partial charge in [0.15, 0.2) is 0 Å². The topological polar surface area (TPSA) is 58.9 Å². The molecule has 0 aliphatic carbocycles. The molecule has 0 aliphatic heterocycles. The van der Waals surface area contributed by atoms with Gasteiger partial charge in [-0.3, -0.25) is 0 Å². The fourth-order valence-electron chi connectivity index (χ4n) is 3.10. The van der Waals surface area contributed by atoms with Crippen LogP contribution in [-0.4, -0.2) is 48.8 Å². The lowest BCUT2D eigenvalue weighted by Crippen LogP contribution is -2.25. The van der Waals surface area contributed by atoms with Crippen LogP contribution in [0.3, 0.4) is 0 Å². The molecule has 0 aromatic heterocycles. The molecule has 0 amide bonds. The van der Waals surface area contributed by atoms with E-state index >= 15 is 0 Å². The molecule has 2 unspecified atom stereocenters. The third-order valence-electron chi connectivity index (χ3n) is 4.76. The summed E-state index contributed by atoms with van der Waals surface area (Å²) < 4.78 is 11.3. The van der Waals surface area contributed by atoms with Gasteiger partial charge in [0, 0.05) is 6.61 Å². The number of hydrogen-bond donors (Lipinski definition) is 2. The summed E-state index contributed by atoms with van der Waals surface area (Å²) in [4.78, 5) is 0. The maximum absolute atomic E-state index is 9.32. The smallest absolute Gasteiger partial charge is 0.100 e. The monoisotopic (exact) mass is 374 g/mol. The molecule has 0 spiro atoms. The van der Waals surface area contributed by atoms with Gasteiger partial charge in [-0.2, -0.15) is 0 Å². The molecule has 4 nitrogen and oxygen atoms in total. The zero-order chi connectivity index (χ0) is 19.3. The van der Waals surface area contributed by atoms with Gasteiger partial charge >= 0.3 is 0 Å². The van der Waals surface area contributed by atoms with Crippen LogP contribution in [0, 0.1) is 0 Å². The second kappa shape index (κ2) is 21.1. The summed E-state index contributed by atoms with van der Waals surface area (Å²) in [6.45, 7) is 5.58. The molecule has 0 aromatic carbocycles. The molecular weight excluding hydrogens is 328 g/mol. The van der Waals surface area contributed by atoms with Gasteiger partial charge in [-0.1, -0.05) is 90.9 Å². The van der Waals surface area contributed by atoms with Crippen LogP contribution < -0.4 is 0 Å². The maximum atomic E-state index is 9.32. The Balaban J connectivity index is 3.50. The standard InChI is InChI=1S/C22H46O4/c1-3-5-6-7-8-9-10-11-12-13-14-15-16-22(26-17-4-2)20-25-19-21(24)18-23/h21-24H,3-20H2,1-2H3. The molecule has 0 aromatic rings.